The number of aromatic amines is 1. The second-order valence-electron chi connectivity index (χ2n) is 8.75. The second-order valence-corrected chi connectivity index (χ2v) is 8.75. The molecule has 2 aromatic carbocycles. The van der Waals surface area contributed by atoms with Crippen LogP contribution in [0.4, 0.5) is 26.4 Å². The van der Waals surface area contributed by atoms with Crippen molar-refractivity contribution in [2.45, 2.75) is 39.3 Å². The third-order valence-electron chi connectivity index (χ3n) is 4.73. The highest BCUT2D eigenvalue weighted by atomic mass is 19.1. The van der Waals surface area contributed by atoms with E-state index >= 15 is 0 Å². The van der Waals surface area contributed by atoms with Crippen molar-refractivity contribution in [1.29, 1.82) is 0 Å². The Morgan fingerprint density at radius 3 is 2.34 bits per heavy atom. The minimum Gasteiger partial charge on any atom is -0.444 e. The number of amides is 2. The number of halogens is 1. The van der Waals surface area contributed by atoms with E-state index in [1.807, 2.05) is 0 Å². The van der Waals surface area contributed by atoms with Crippen molar-refractivity contribution in [3.63, 3.8) is 0 Å². The molecular weight excluding hydrogens is 457 g/mol. The zero-order chi connectivity index (χ0) is 25.8. The molecule has 5 N–H and O–H groups in total. The molecule has 0 aliphatic heterocycles. The van der Waals surface area contributed by atoms with Gasteiger partial charge in [0.1, 0.15) is 22.9 Å². The number of nitrogen functional groups attached to an aromatic ring is 1. The normalized spacial score (nSPS) is 11.1. The average Bonchev–Trinajstić information content (AvgIpc) is 2.75. The van der Waals surface area contributed by atoms with Crippen LogP contribution in [0.2, 0.25) is 0 Å². The highest BCUT2D eigenvalue weighted by molar-refractivity contribution is 5.94. The Bertz CT molecular complexity index is 1360. The highest BCUT2D eigenvalue weighted by Crippen LogP contribution is 2.15. The minimum absolute atomic E-state index is 0.113. The average molecular weight is 484 g/mol. The van der Waals surface area contributed by atoms with Gasteiger partial charge in [0.15, 0.2) is 0 Å². The summed E-state index contributed by atoms with van der Waals surface area (Å²) in [4.78, 5) is 51.8. The summed E-state index contributed by atoms with van der Waals surface area (Å²) in [5.74, 6) is -1.45. The third-order valence-corrected chi connectivity index (χ3v) is 4.73. The van der Waals surface area contributed by atoms with Gasteiger partial charge in [0.05, 0.1) is 13.0 Å². The standard InChI is InChI=1S/C24H26FN5O5/c1-24(2,3)35-23(34)27-16-10-8-14(9-11-16)12-18(31)28-19-20(26)29-22(33)30(21(19)32)13-15-6-4-5-7-17(15)25/h4-11H,12-13,26H2,1-3H3,(H,27,34)(H,28,31)(H,29,33). The first-order chi connectivity index (χ1) is 16.4. The zero-order valence-corrected chi connectivity index (χ0v) is 19.5. The number of rotatable bonds is 6. The van der Waals surface area contributed by atoms with Crippen LogP contribution in [0.1, 0.15) is 31.9 Å². The van der Waals surface area contributed by atoms with E-state index in [-0.39, 0.29) is 30.0 Å². The number of anilines is 3. The third kappa shape index (κ3) is 6.79. The maximum Gasteiger partial charge on any atom is 0.412 e. The van der Waals surface area contributed by atoms with Gasteiger partial charge >= 0.3 is 11.8 Å². The molecule has 1 aromatic heterocycles. The van der Waals surface area contributed by atoms with Gasteiger partial charge in [-0.1, -0.05) is 30.3 Å². The zero-order valence-electron chi connectivity index (χ0n) is 19.5. The van der Waals surface area contributed by atoms with Gasteiger partial charge in [-0.05, 0) is 44.5 Å². The Kier molecular flexibility index (Phi) is 7.38. The molecule has 2 amide bonds. The van der Waals surface area contributed by atoms with Crippen LogP contribution in [0.3, 0.4) is 0 Å². The number of hydrogen-bond acceptors (Lipinski definition) is 6. The second kappa shape index (κ2) is 10.2. The van der Waals surface area contributed by atoms with Gasteiger partial charge in [0.2, 0.25) is 5.91 Å². The predicted octanol–water partition coefficient (Wildman–Crippen LogP) is 2.83. The molecule has 3 aromatic rings. The first-order valence-electron chi connectivity index (χ1n) is 10.7. The molecule has 0 fully saturated rings. The van der Waals surface area contributed by atoms with Crippen molar-refractivity contribution < 1.29 is 18.7 Å². The van der Waals surface area contributed by atoms with Crippen LogP contribution in [-0.2, 0) is 22.5 Å². The fourth-order valence-corrected chi connectivity index (χ4v) is 3.15. The summed E-state index contributed by atoms with van der Waals surface area (Å²) in [7, 11) is 0. The molecule has 1 heterocycles. The Morgan fingerprint density at radius 1 is 1.06 bits per heavy atom. The summed E-state index contributed by atoms with van der Waals surface area (Å²) in [5, 5.41) is 5.00. The van der Waals surface area contributed by atoms with Crippen LogP contribution in [0.5, 0.6) is 0 Å². The first-order valence-corrected chi connectivity index (χ1v) is 10.7. The molecular formula is C24H26FN5O5. The lowest BCUT2D eigenvalue weighted by Gasteiger charge is -2.19. The quantitative estimate of drug-likeness (QED) is 0.424. The molecule has 0 atom stereocenters. The van der Waals surface area contributed by atoms with Crippen LogP contribution in [0.25, 0.3) is 0 Å². The van der Waals surface area contributed by atoms with E-state index in [9.17, 15) is 23.6 Å². The first kappa shape index (κ1) is 25.2. The van der Waals surface area contributed by atoms with Crippen molar-refractivity contribution in [1.82, 2.24) is 9.55 Å². The van der Waals surface area contributed by atoms with Crippen LogP contribution >= 0.6 is 0 Å². The highest BCUT2D eigenvalue weighted by Gasteiger charge is 2.18. The van der Waals surface area contributed by atoms with Crippen LogP contribution in [0.15, 0.2) is 58.1 Å². The number of benzene rings is 2. The maximum absolute atomic E-state index is 14.0. The monoisotopic (exact) mass is 483 g/mol. The van der Waals surface area contributed by atoms with E-state index in [0.29, 0.717) is 11.3 Å². The van der Waals surface area contributed by atoms with Gasteiger partial charge in [-0.2, -0.15) is 0 Å². The number of H-pyrrole nitrogens is 1. The lowest BCUT2D eigenvalue weighted by atomic mass is 10.1. The Hall–Kier alpha value is -4.41. The topological polar surface area (TPSA) is 148 Å². The number of nitrogens with zero attached hydrogens (tertiary/aromatic N) is 1. The lowest BCUT2D eigenvalue weighted by Crippen LogP contribution is -2.38. The molecule has 0 unspecified atom stereocenters. The Balaban J connectivity index is 1.71. The molecule has 184 valence electrons. The van der Waals surface area contributed by atoms with Crippen LogP contribution in [0, 0.1) is 5.82 Å². The molecule has 0 spiro atoms. The van der Waals surface area contributed by atoms with Crippen LogP contribution < -0.4 is 27.6 Å². The summed E-state index contributed by atoms with van der Waals surface area (Å²) in [6.07, 6.45) is -0.721. The number of hydrogen-bond donors (Lipinski definition) is 4. The number of carbonyl (C=O) groups excluding carboxylic acids is 2. The number of carbonyl (C=O) groups is 2. The number of aromatic nitrogens is 2. The van der Waals surface area contributed by atoms with Crippen LogP contribution in [-0.4, -0.2) is 27.2 Å². The smallest absolute Gasteiger partial charge is 0.412 e. The Morgan fingerprint density at radius 2 is 1.71 bits per heavy atom. The molecule has 0 saturated carbocycles. The molecule has 0 aliphatic rings. The van der Waals surface area contributed by atoms with E-state index in [1.54, 1.807) is 51.1 Å². The molecule has 35 heavy (non-hydrogen) atoms. The van der Waals surface area contributed by atoms with Gasteiger partial charge in [-0.25, -0.2) is 14.0 Å². The largest absolute Gasteiger partial charge is 0.444 e. The SMILES string of the molecule is CC(C)(C)OC(=O)Nc1ccc(CC(=O)Nc2c(N)[nH]c(=O)n(Cc3ccccc3F)c2=O)cc1. The molecule has 0 saturated heterocycles. The van der Waals surface area contributed by atoms with Gasteiger partial charge in [-0.3, -0.25) is 24.5 Å². The summed E-state index contributed by atoms with van der Waals surface area (Å²) in [6, 6.07) is 12.2. The molecule has 0 radical (unpaired) electrons. The lowest BCUT2D eigenvalue weighted by molar-refractivity contribution is -0.115. The molecule has 0 aliphatic carbocycles. The summed E-state index contributed by atoms with van der Waals surface area (Å²) < 4.78 is 19.9. The van der Waals surface area contributed by atoms with Crippen molar-refractivity contribution in [2.75, 3.05) is 16.4 Å². The minimum atomic E-state index is -0.861. The number of nitrogens with two attached hydrogens (primary N) is 1. The van der Waals surface area contributed by atoms with Crippen molar-refractivity contribution in [3.8, 4) is 0 Å². The van der Waals surface area contributed by atoms with E-state index in [2.05, 4.69) is 15.6 Å². The van der Waals surface area contributed by atoms with Gasteiger partial charge in [0.25, 0.3) is 5.56 Å². The predicted molar refractivity (Wildman–Crippen MR) is 130 cm³/mol. The summed E-state index contributed by atoms with van der Waals surface area (Å²) in [5.41, 5.74) is 4.31. The van der Waals surface area contributed by atoms with Gasteiger partial charge in [0, 0.05) is 11.3 Å². The maximum atomic E-state index is 14.0. The Labute approximate surface area is 199 Å². The van der Waals surface area contributed by atoms with E-state index in [4.69, 9.17) is 10.5 Å². The fraction of sp³-hybridized carbons (Fsp3) is 0.250. The van der Waals surface area contributed by atoms with Gasteiger partial charge in [-0.15, -0.1) is 0 Å². The fourth-order valence-electron chi connectivity index (χ4n) is 3.15. The van der Waals surface area contributed by atoms with E-state index < -0.39 is 34.7 Å². The molecule has 10 nitrogen and oxygen atoms in total. The molecule has 11 heteroatoms. The van der Waals surface area contributed by atoms with Crippen molar-refractivity contribution in [3.05, 3.63) is 86.3 Å². The van der Waals surface area contributed by atoms with Crippen molar-refractivity contribution in [2.24, 2.45) is 0 Å². The summed E-state index contributed by atoms with van der Waals surface area (Å²) >= 11 is 0. The van der Waals surface area contributed by atoms with E-state index in [1.165, 1.54) is 18.2 Å². The van der Waals surface area contributed by atoms with Gasteiger partial charge < -0.3 is 15.8 Å². The number of nitrogens with one attached hydrogen (secondary N) is 3. The van der Waals surface area contributed by atoms with Crippen molar-refractivity contribution >= 4 is 29.2 Å². The molecule has 0 bridgehead atoms. The number of ether oxygens (including phenoxy) is 1. The molecule has 3 rings (SSSR count). The van der Waals surface area contributed by atoms with E-state index in [0.717, 1.165) is 4.57 Å². The summed E-state index contributed by atoms with van der Waals surface area (Å²) in [6.45, 7) is 4.91.